The lowest BCUT2D eigenvalue weighted by atomic mass is 9.91. The molecule has 1 aliphatic carbocycles. The van der Waals surface area contributed by atoms with Crippen molar-refractivity contribution in [1.82, 2.24) is 9.62 Å². The molecule has 2 atom stereocenters. The van der Waals surface area contributed by atoms with Crippen molar-refractivity contribution in [3.05, 3.63) is 39.9 Å². The maximum absolute atomic E-state index is 12.3. The molecule has 1 aromatic carbocycles. The summed E-state index contributed by atoms with van der Waals surface area (Å²) in [4.78, 5) is 12.4. The molecule has 1 aliphatic rings. The maximum atomic E-state index is 12.3. The molecule has 1 saturated carbocycles. The van der Waals surface area contributed by atoms with E-state index in [1.807, 2.05) is 14.1 Å². The Morgan fingerprint density at radius 3 is 2.74 bits per heavy atom. The molecular weight excluding hydrogens is 318 g/mol. The Hall–Kier alpha value is -1.51. The average molecular weight is 341 g/mol. The van der Waals surface area contributed by atoms with Gasteiger partial charge < -0.3 is 4.90 Å². The summed E-state index contributed by atoms with van der Waals surface area (Å²) < 4.78 is 27.4. The van der Waals surface area contributed by atoms with Crippen molar-refractivity contribution in [3.8, 4) is 0 Å². The van der Waals surface area contributed by atoms with Crippen molar-refractivity contribution in [2.75, 3.05) is 14.1 Å². The van der Waals surface area contributed by atoms with E-state index in [2.05, 4.69) is 9.62 Å². The molecule has 0 aromatic heterocycles. The van der Waals surface area contributed by atoms with Crippen LogP contribution < -0.4 is 4.72 Å². The first-order chi connectivity index (χ1) is 10.8. The normalized spacial score (nSPS) is 22.2. The first-order valence-corrected chi connectivity index (χ1v) is 9.32. The first kappa shape index (κ1) is 17.8. The number of nitro groups is 1. The van der Waals surface area contributed by atoms with Gasteiger partial charge in [-0.25, -0.2) is 13.1 Å². The van der Waals surface area contributed by atoms with Crippen molar-refractivity contribution in [3.63, 3.8) is 0 Å². The molecule has 0 bridgehead atoms. The summed E-state index contributed by atoms with van der Waals surface area (Å²) >= 11 is 0. The molecule has 0 saturated heterocycles. The van der Waals surface area contributed by atoms with Crippen molar-refractivity contribution >= 4 is 15.7 Å². The smallest absolute Gasteiger partial charge is 0.269 e. The van der Waals surface area contributed by atoms with Crippen LogP contribution in [-0.2, 0) is 15.8 Å². The summed E-state index contributed by atoms with van der Waals surface area (Å²) in [6, 6.07) is 6.07. The van der Waals surface area contributed by atoms with Gasteiger partial charge in [0, 0.05) is 24.2 Å². The lowest BCUT2D eigenvalue weighted by molar-refractivity contribution is -0.384. The fourth-order valence-corrected chi connectivity index (χ4v) is 4.44. The summed E-state index contributed by atoms with van der Waals surface area (Å²) in [6.45, 7) is 0. The molecule has 128 valence electrons. The van der Waals surface area contributed by atoms with E-state index in [0.717, 1.165) is 25.7 Å². The fraction of sp³-hybridized carbons (Fsp3) is 0.600. The SMILES string of the molecule is CN(C)[C@H]1CCC[C@@H](NS(=O)(=O)Cc2cccc([N+](=O)[O-])c2)C1. The third kappa shape index (κ3) is 5.26. The summed E-state index contributed by atoms with van der Waals surface area (Å²) in [5, 5.41) is 10.8. The predicted molar refractivity (Wildman–Crippen MR) is 88.6 cm³/mol. The van der Waals surface area contributed by atoms with Crippen molar-refractivity contribution in [2.45, 2.75) is 43.5 Å². The molecule has 1 aromatic rings. The zero-order valence-electron chi connectivity index (χ0n) is 13.4. The molecule has 0 radical (unpaired) electrons. The predicted octanol–water partition coefficient (Wildman–Crippen LogP) is 1.89. The fourth-order valence-electron chi connectivity index (χ4n) is 3.01. The van der Waals surface area contributed by atoms with Crippen LogP contribution in [0.15, 0.2) is 24.3 Å². The zero-order chi connectivity index (χ0) is 17.0. The highest BCUT2D eigenvalue weighted by molar-refractivity contribution is 7.88. The van der Waals surface area contributed by atoms with E-state index in [4.69, 9.17) is 0 Å². The number of sulfonamides is 1. The van der Waals surface area contributed by atoms with Crippen LogP contribution >= 0.6 is 0 Å². The van der Waals surface area contributed by atoms with E-state index in [-0.39, 0.29) is 17.5 Å². The Morgan fingerprint density at radius 2 is 2.09 bits per heavy atom. The third-order valence-electron chi connectivity index (χ3n) is 4.20. The Labute approximate surface area is 136 Å². The van der Waals surface area contributed by atoms with Crippen LogP contribution in [0.5, 0.6) is 0 Å². The molecule has 2 rings (SSSR count). The van der Waals surface area contributed by atoms with Gasteiger partial charge in [-0.1, -0.05) is 18.6 Å². The van der Waals surface area contributed by atoms with Gasteiger partial charge in [-0.3, -0.25) is 10.1 Å². The molecular formula is C15H23N3O4S. The summed E-state index contributed by atoms with van der Waals surface area (Å²) in [6.07, 6.45) is 3.70. The van der Waals surface area contributed by atoms with Crippen LogP contribution in [0, 0.1) is 10.1 Å². The third-order valence-corrected chi connectivity index (χ3v) is 5.61. The number of hydrogen-bond donors (Lipinski definition) is 1. The van der Waals surface area contributed by atoms with Gasteiger partial charge in [0.1, 0.15) is 0 Å². The van der Waals surface area contributed by atoms with Gasteiger partial charge in [-0.05, 0) is 38.9 Å². The van der Waals surface area contributed by atoms with Gasteiger partial charge in [0.15, 0.2) is 0 Å². The number of rotatable bonds is 6. The summed E-state index contributed by atoms with van der Waals surface area (Å²) in [7, 11) is 0.492. The van der Waals surface area contributed by atoms with Gasteiger partial charge >= 0.3 is 0 Å². The maximum Gasteiger partial charge on any atom is 0.269 e. The van der Waals surface area contributed by atoms with Gasteiger partial charge in [0.25, 0.3) is 5.69 Å². The molecule has 0 aliphatic heterocycles. The second-order valence-electron chi connectivity index (χ2n) is 6.28. The van der Waals surface area contributed by atoms with E-state index in [1.165, 1.54) is 18.2 Å². The van der Waals surface area contributed by atoms with E-state index in [0.29, 0.717) is 11.6 Å². The van der Waals surface area contributed by atoms with E-state index < -0.39 is 14.9 Å². The molecule has 1 N–H and O–H groups in total. The van der Waals surface area contributed by atoms with Gasteiger partial charge in [0.05, 0.1) is 10.7 Å². The lowest BCUT2D eigenvalue weighted by Gasteiger charge is -2.33. The Morgan fingerprint density at radius 1 is 1.35 bits per heavy atom. The molecule has 7 nitrogen and oxygen atoms in total. The number of hydrogen-bond acceptors (Lipinski definition) is 5. The summed E-state index contributed by atoms with van der Waals surface area (Å²) in [5.41, 5.74) is 0.328. The first-order valence-electron chi connectivity index (χ1n) is 7.66. The van der Waals surface area contributed by atoms with Crippen LogP contribution in [0.2, 0.25) is 0 Å². The Kier molecular flexibility index (Phi) is 5.72. The molecule has 0 amide bonds. The van der Waals surface area contributed by atoms with Crippen LogP contribution in [0.1, 0.15) is 31.2 Å². The second-order valence-corrected chi connectivity index (χ2v) is 8.04. The van der Waals surface area contributed by atoms with Crippen LogP contribution in [0.3, 0.4) is 0 Å². The van der Waals surface area contributed by atoms with Crippen LogP contribution in [0.4, 0.5) is 5.69 Å². The minimum Gasteiger partial charge on any atom is -0.306 e. The Balaban J connectivity index is 2.02. The summed E-state index contributed by atoms with van der Waals surface area (Å²) in [5.74, 6) is -0.238. The highest BCUT2D eigenvalue weighted by Crippen LogP contribution is 2.23. The number of nitrogens with one attached hydrogen (secondary N) is 1. The van der Waals surface area contributed by atoms with E-state index in [1.54, 1.807) is 6.07 Å². The van der Waals surface area contributed by atoms with E-state index in [9.17, 15) is 18.5 Å². The average Bonchev–Trinajstić information content (AvgIpc) is 2.46. The molecule has 0 unspecified atom stereocenters. The van der Waals surface area contributed by atoms with Gasteiger partial charge in [-0.15, -0.1) is 0 Å². The van der Waals surface area contributed by atoms with Crippen LogP contribution in [0.25, 0.3) is 0 Å². The molecule has 8 heteroatoms. The lowest BCUT2D eigenvalue weighted by Crippen LogP contribution is -2.44. The number of nitrogens with zero attached hydrogens (tertiary/aromatic N) is 2. The largest absolute Gasteiger partial charge is 0.306 e. The minimum atomic E-state index is -3.52. The van der Waals surface area contributed by atoms with Crippen molar-refractivity contribution in [2.24, 2.45) is 0 Å². The van der Waals surface area contributed by atoms with Gasteiger partial charge in [0.2, 0.25) is 10.0 Å². The number of non-ortho nitro benzene ring substituents is 1. The van der Waals surface area contributed by atoms with Crippen LogP contribution in [-0.4, -0.2) is 44.4 Å². The minimum absolute atomic E-state index is 0.0696. The zero-order valence-corrected chi connectivity index (χ0v) is 14.3. The van der Waals surface area contributed by atoms with E-state index >= 15 is 0 Å². The molecule has 23 heavy (non-hydrogen) atoms. The topological polar surface area (TPSA) is 92.6 Å². The van der Waals surface area contributed by atoms with Gasteiger partial charge in [-0.2, -0.15) is 0 Å². The van der Waals surface area contributed by atoms with Crippen molar-refractivity contribution < 1.29 is 13.3 Å². The Bertz CT molecular complexity index is 660. The number of benzene rings is 1. The monoisotopic (exact) mass is 341 g/mol. The second kappa shape index (κ2) is 7.37. The molecule has 0 spiro atoms. The molecule has 1 fully saturated rings. The highest BCUT2D eigenvalue weighted by Gasteiger charge is 2.26. The van der Waals surface area contributed by atoms with Crippen molar-refractivity contribution in [1.29, 1.82) is 0 Å². The molecule has 0 heterocycles. The highest BCUT2D eigenvalue weighted by atomic mass is 32.2. The standard InChI is InChI=1S/C15H23N3O4S/c1-17(2)14-7-4-6-13(10-14)16-23(21,22)11-12-5-3-8-15(9-12)18(19)20/h3,5,8-9,13-14,16H,4,6-7,10-11H2,1-2H3/t13-,14+/m1/s1. The quantitative estimate of drug-likeness (QED) is 0.630. The number of nitro benzene ring substituents is 1.